The van der Waals surface area contributed by atoms with Gasteiger partial charge in [-0.1, -0.05) is 24.3 Å². The Morgan fingerprint density at radius 2 is 1.77 bits per heavy atom. The molecule has 1 fully saturated rings. The number of likely N-dealkylation sites (tertiary alicyclic amines) is 1. The van der Waals surface area contributed by atoms with E-state index in [1.54, 1.807) is 11.9 Å². The fourth-order valence-corrected chi connectivity index (χ4v) is 4.86. The molecule has 1 N–H and O–H groups in total. The molecule has 0 unspecified atom stereocenters. The van der Waals surface area contributed by atoms with Gasteiger partial charge in [0.25, 0.3) is 0 Å². The lowest BCUT2D eigenvalue weighted by Gasteiger charge is -2.32. The molecule has 2 aromatic rings. The molecule has 1 aliphatic rings. The molecule has 0 aliphatic carbocycles. The Morgan fingerprint density at radius 1 is 1.13 bits per heavy atom. The Kier molecular flexibility index (Phi) is 7.23. The van der Waals surface area contributed by atoms with Gasteiger partial charge in [0.15, 0.2) is 0 Å². The van der Waals surface area contributed by atoms with Crippen molar-refractivity contribution in [3.05, 3.63) is 65.5 Å². The zero-order valence-electron chi connectivity index (χ0n) is 17.3. The van der Waals surface area contributed by atoms with E-state index < -0.39 is 15.8 Å². The summed E-state index contributed by atoms with van der Waals surface area (Å²) >= 11 is 0. The number of carbonyl (C=O) groups is 1. The van der Waals surface area contributed by atoms with E-state index >= 15 is 0 Å². The molecule has 8 heteroatoms. The second-order valence-corrected chi connectivity index (χ2v) is 9.52. The highest BCUT2D eigenvalue weighted by atomic mass is 32.2. The van der Waals surface area contributed by atoms with Gasteiger partial charge in [0.1, 0.15) is 5.82 Å². The topological polar surface area (TPSA) is 69.7 Å². The number of hydrogen-bond donors (Lipinski definition) is 1. The number of benzene rings is 2. The van der Waals surface area contributed by atoms with Crippen LogP contribution in [0.15, 0.2) is 53.4 Å². The maximum Gasteiger partial charge on any atom is 0.240 e. The molecule has 0 saturated carbocycles. The van der Waals surface area contributed by atoms with Crippen molar-refractivity contribution in [2.24, 2.45) is 0 Å². The lowest BCUT2D eigenvalue weighted by molar-refractivity contribution is -0.131. The summed E-state index contributed by atoms with van der Waals surface area (Å²) in [7, 11) is -1.88. The Balaban J connectivity index is 1.47. The van der Waals surface area contributed by atoms with Crippen LogP contribution in [-0.4, -0.2) is 56.8 Å². The van der Waals surface area contributed by atoms with Crippen LogP contribution in [-0.2, 0) is 21.4 Å². The summed E-state index contributed by atoms with van der Waals surface area (Å²) in [5.74, 6) is -0.428. The maximum atomic E-state index is 13.0. The van der Waals surface area contributed by atoms with Gasteiger partial charge in [0.2, 0.25) is 15.9 Å². The standard InChI is InChI=1S/C22H28FN3O3S/c1-17-5-3-4-6-18(17)15-25(2)22(27)16-26-13-11-20(12-14-26)24-30(28,29)21-9-7-19(23)8-10-21/h3-10,20,24H,11-16H2,1-2H3. The first-order valence-electron chi connectivity index (χ1n) is 10.0. The fraction of sp³-hybridized carbons (Fsp3) is 0.409. The minimum absolute atomic E-state index is 0.0450. The molecule has 0 aromatic heterocycles. The van der Waals surface area contributed by atoms with Crippen molar-refractivity contribution in [1.29, 1.82) is 0 Å². The number of aryl methyl sites for hydroxylation is 1. The predicted molar refractivity (Wildman–Crippen MR) is 114 cm³/mol. The van der Waals surface area contributed by atoms with Crippen LogP contribution in [0.1, 0.15) is 24.0 Å². The molecule has 30 heavy (non-hydrogen) atoms. The minimum Gasteiger partial charge on any atom is -0.340 e. The highest BCUT2D eigenvalue weighted by Gasteiger charge is 2.26. The summed E-state index contributed by atoms with van der Waals surface area (Å²) in [6.45, 7) is 4.20. The molecule has 1 amide bonds. The Labute approximate surface area is 177 Å². The van der Waals surface area contributed by atoms with E-state index in [2.05, 4.69) is 9.62 Å². The normalized spacial score (nSPS) is 15.8. The molecule has 162 valence electrons. The van der Waals surface area contributed by atoms with E-state index in [4.69, 9.17) is 0 Å². The molecule has 1 saturated heterocycles. The average Bonchev–Trinajstić information content (AvgIpc) is 2.71. The van der Waals surface area contributed by atoms with Crippen LogP contribution in [0.25, 0.3) is 0 Å². The van der Waals surface area contributed by atoms with Gasteiger partial charge in [-0.05, 0) is 55.2 Å². The summed E-state index contributed by atoms with van der Waals surface area (Å²) in [4.78, 5) is 16.4. The van der Waals surface area contributed by atoms with Crippen molar-refractivity contribution >= 4 is 15.9 Å². The summed E-state index contributed by atoms with van der Waals surface area (Å²) in [6.07, 6.45) is 1.24. The van der Waals surface area contributed by atoms with Crippen molar-refractivity contribution in [3.8, 4) is 0 Å². The molecule has 0 radical (unpaired) electrons. The number of hydrogen-bond acceptors (Lipinski definition) is 4. The van der Waals surface area contributed by atoms with Crippen LogP contribution in [0, 0.1) is 12.7 Å². The van der Waals surface area contributed by atoms with E-state index in [1.165, 1.54) is 12.1 Å². The summed E-state index contributed by atoms with van der Waals surface area (Å²) in [5.41, 5.74) is 2.29. The van der Waals surface area contributed by atoms with Crippen LogP contribution >= 0.6 is 0 Å². The van der Waals surface area contributed by atoms with Crippen LogP contribution in [0.5, 0.6) is 0 Å². The van der Waals surface area contributed by atoms with Crippen LogP contribution in [0.3, 0.4) is 0 Å². The zero-order valence-corrected chi connectivity index (χ0v) is 18.2. The average molecular weight is 434 g/mol. The quantitative estimate of drug-likeness (QED) is 0.729. The van der Waals surface area contributed by atoms with Crippen LogP contribution < -0.4 is 4.72 Å². The minimum atomic E-state index is -3.68. The predicted octanol–water partition coefficient (Wildman–Crippen LogP) is 2.54. The molecule has 0 spiro atoms. The maximum absolute atomic E-state index is 13.0. The van der Waals surface area contributed by atoms with Crippen LogP contribution in [0.4, 0.5) is 4.39 Å². The summed E-state index contributed by atoms with van der Waals surface area (Å²) < 4.78 is 40.6. The molecular weight excluding hydrogens is 405 g/mol. The van der Waals surface area contributed by atoms with Gasteiger partial charge in [0.05, 0.1) is 11.4 Å². The molecule has 1 aliphatic heterocycles. The van der Waals surface area contributed by atoms with Gasteiger partial charge in [-0.25, -0.2) is 17.5 Å². The summed E-state index contributed by atoms with van der Waals surface area (Å²) in [6, 6.07) is 12.6. The van der Waals surface area contributed by atoms with Crippen molar-refractivity contribution in [2.75, 3.05) is 26.7 Å². The highest BCUT2D eigenvalue weighted by Crippen LogP contribution is 2.16. The third-order valence-electron chi connectivity index (χ3n) is 5.49. The number of piperidine rings is 1. The number of likely N-dealkylation sites (N-methyl/N-ethyl adjacent to an activating group) is 1. The Morgan fingerprint density at radius 3 is 2.40 bits per heavy atom. The SMILES string of the molecule is Cc1ccccc1CN(C)C(=O)CN1CCC(NS(=O)(=O)c2ccc(F)cc2)CC1. The first-order valence-corrected chi connectivity index (χ1v) is 11.5. The molecule has 3 rings (SSSR count). The van der Waals surface area contributed by atoms with Gasteiger partial charge >= 0.3 is 0 Å². The van der Waals surface area contributed by atoms with E-state index in [9.17, 15) is 17.6 Å². The van der Waals surface area contributed by atoms with Gasteiger partial charge < -0.3 is 4.90 Å². The Hall–Kier alpha value is -2.29. The second kappa shape index (κ2) is 9.68. The van der Waals surface area contributed by atoms with Gasteiger partial charge in [-0.2, -0.15) is 0 Å². The number of sulfonamides is 1. The van der Waals surface area contributed by atoms with Crippen molar-refractivity contribution < 1.29 is 17.6 Å². The lowest BCUT2D eigenvalue weighted by Crippen LogP contribution is -2.47. The number of carbonyl (C=O) groups excluding carboxylic acids is 1. The van der Waals surface area contributed by atoms with Crippen molar-refractivity contribution in [2.45, 2.75) is 37.2 Å². The largest absolute Gasteiger partial charge is 0.340 e. The van der Waals surface area contributed by atoms with E-state index in [0.717, 1.165) is 23.3 Å². The number of amides is 1. The van der Waals surface area contributed by atoms with E-state index in [0.29, 0.717) is 39.0 Å². The molecule has 1 heterocycles. The lowest BCUT2D eigenvalue weighted by atomic mass is 10.1. The van der Waals surface area contributed by atoms with E-state index in [1.807, 2.05) is 31.2 Å². The third kappa shape index (κ3) is 5.87. The monoisotopic (exact) mass is 433 g/mol. The number of rotatable bonds is 7. The molecule has 0 bridgehead atoms. The zero-order chi connectivity index (χ0) is 21.7. The summed E-state index contributed by atoms with van der Waals surface area (Å²) in [5, 5.41) is 0. The van der Waals surface area contributed by atoms with E-state index in [-0.39, 0.29) is 16.8 Å². The van der Waals surface area contributed by atoms with Gasteiger partial charge in [-0.3, -0.25) is 9.69 Å². The molecule has 0 atom stereocenters. The molecule has 6 nitrogen and oxygen atoms in total. The first-order chi connectivity index (χ1) is 14.2. The third-order valence-corrected chi connectivity index (χ3v) is 7.02. The highest BCUT2D eigenvalue weighted by molar-refractivity contribution is 7.89. The number of nitrogens with one attached hydrogen (secondary N) is 1. The molecular formula is C22H28FN3O3S. The second-order valence-electron chi connectivity index (χ2n) is 7.80. The smallest absolute Gasteiger partial charge is 0.240 e. The number of halogens is 1. The van der Waals surface area contributed by atoms with Crippen molar-refractivity contribution in [3.63, 3.8) is 0 Å². The van der Waals surface area contributed by atoms with Crippen LogP contribution in [0.2, 0.25) is 0 Å². The van der Waals surface area contributed by atoms with Crippen molar-refractivity contribution in [1.82, 2.24) is 14.5 Å². The first kappa shape index (κ1) is 22.4. The molecule has 2 aromatic carbocycles. The Bertz CT molecular complexity index is 971. The van der Waals surface area contributed by atoms with Gasteiger partial charge in [0, 0.05) is 32.7 Å². The fourth-order valence-electron chi connectivity index (χ4n) is 3.55. The van der Waals surface area contributed by atoms with Gasteiger partial charge in [-0.15, -0.1) is 0 Å². The number of nitrogens with zero attached hydrogens (tertiary/aromatic N) is 2.